The lowest BCUT2D eigenvalue weighted by molar-refractivity contribution is 0.615. The van der Waals surface area contributed by atoms with Crippen molar-refractivity contribution < 1.29 is 4.42 Å². The van der Waals surface area contributed by atoms with E-state index in [-0.39, 0.29) is 0 Å². The summed E-state index contributed by atoms with van der Waals surface area (Å²) >= 11 is 0. The lowest BCUT2D eigenvalue weighted by Gasteiger charge is -2.04. The van der Waals surface area contributed by atoms with Gasteiger partial charge in [0.1, 0.15) is 5.58 Å². The number of hydrogen-bond donors (Lipinski definition) is 0. The molecule has 20 heavy (non-hydrogen) atoms. The normalized spacial score (nSPS) is 11.2. The van der Waals surface area contributed by atoms with Crippen LogP contribution in [0.4, 0.5) is 0 Å². The lowest BCUT2D eigenvalue weighted by atomic mass is 10.0. The van der Waals surface area contributed by atoms with Crippen LogP contribution >= 0.6 is 0 Å². The van der Waals surface area contributed by atoms with E-state index < -0.39 is 0 Å². The quantitative estimate of drug-likeness (QED) is 0.483. The van der Waals surface area contributed by atoms with Gasteiger partial charge in [0, 0.05) is 5.39 Å². The van der Waals surface area contributed by atoms with Crippen molar-refractivity contribution in [2.75, 3.05) is 0 Å². The van der Waals surface area contributed by atoms with E-state index in [4.69, 9.17) is 4.42 Å². The Balaban J connectivity index is 1.72. The fourth-order valence-electron chi connectivity index (χ4n) is 2.69. The van der Waals surface area contributed by atoms with Crippen LogP contribution in [0, 0.1) is 0 Å². The summed E-state index contributed by atoms with van der Waals surface area (Å²) in [6.45, 7) is 0. The van der Waals surface area contributed by atoms with Gasteiger partial charge in [-0.25, -0.2) is 0 Å². The van der Waals surface area contributed by atoms with E-state index in [0.717, 1.165) is 17.4 Å². The molecule has 0 bridgehead atoms. The third kappa shape index (κ3) is 1.97. The zero-order chi connectivity index (χ0) is 13.4. The van der Waals surface area contributed by atoms with Crippen molar-refractivity contribution in [1.82, 2.24) is 0 Å². The van der Waals surface area contributed by atoms with Crippen molar-refractivity contribution in [3.05, 3.63) is 84.1 Å². The molecule has 1 nitrogen and oxygen atoms in total. The molecule has 96 valence electrons. The molecule has 4 aromatic rings. The van der Waals surface area contributed by atoms with Gasteiger partial charge in [0.05, 0.1) is 6.26 Å². The van der Waals surface area contributed by atoms with Crippen LogP contribution in [-0.2, 0) is 6.42 Å². The summed E-state index contributed by atoms with van der Waals surface area (Å²) in [6.07, 6.45) is 2.67. The highest BCUT2D eigenvalue weighted by atomic mass is 16.3. The molecular weight excluding hydrogens is 244 g/mol. The first-order valence-corrected chi connectivity index (χ1v) is 6.82. The minimum absolute atomic E-state index is 0.932. The molecule has 4 rings (SSSR count). The third-order valence-electron chi connectivity index (χ3n) is 3.74. The van der Waals surface area contributed by atoms with Gasteiger partial charge < -0.3 is 4.42 Å². The Morgan fingerprint density at radius 1 is 0.650 bits per heavy atom. The lowest BCUT2D eigenvalue weighted by Crippen LogP contribution is -1.88. The molecule has 1 aromatic heterocycles. The van der Waals surface area contributed by atoms with E-state index in [1.54, 1.807) is 6.26 Å². The molecule has 1 heterocycles. The number of rotatable bonds is 2. The van der Waals surface area contributed by atoms with Gasteiger partial charge >= 0.3 is 0 Å². The van der Waals surface area contributed by atoms with Crippen LogP contribution in [0.2, 0.25) is 0 Å². The molecule has 0 aliphatic rings. The number of hydrogen-bond acceptors (Lipinski definition) is 1. The zero-order valence-electron chi connectivity index (χ0n) is 11.0. The molecule has 0 spiro atoms. The maximum absolute atomic E-state index is 5.47. The fraction of sp³-hybridized carbons (Fsp3) is 0.0526. The monoisotopic (exact) mass is 258 g/mol. The summed E-state index contributed by atoms with van der Waals surface area (Å²) in [5, 5.41) is 3.74. The molecule has 0 saturated heterocycles. The number of benzene rings is 3. The highest BCUT2D eigenvalue weighted by molar-refractivity contribution is 5.83. The average Bonchev–Trinajstić information content (AvgIpc) is 2.95. The van der Waals surface area contributed by atoms with Gasteiger partial charge in [0.25, 0.3) is 0 Å². The number of fused-ring (bicyclic) bond motifs is 2. The molecule has 0 atom stereocenters. The summed E-state index contributed by atoms with van der Waals surface area (Å²) in [5.74, 6) is 0. The van der Waals surface area contributed by atoms with Crippen molar-refractivity contribution in [3.63, 3.8) is 0 Å². The Kier molecular flexibility index (Phi) is 2.56. The molecule has 0 aliphatic carbocycles. The molecular formula is C19H14O. The van der Waals surface area contributed by atoms with Crippen LogP contribution in [0.25, 0.3) is 21.7 Å². The van der Waals surface area contributed by atoms with Crippen LogP contribution in [0.5, 0.6) is 0 Å². The molecule has 0 amide bonds. The maximum Gasteiger partial charge on any atom is 0.134 e. The van der Waals surface area contributed by atoms with Crippen molar-refractivity contribution in [2.45, 2.75) is 6.42 Å². The topological polar surface area (TPSA) is 13.1 Å². The predicted octanol–water partition coefficient (Wildman–Crippen LogP) is 5.18. The summed E-state index contributed by atoms with van der Waals surface area (Å²) in [4.78, 5) is 0. The summed E-state index contributed by atoms with van der Waals surface area (Å²) < 4.78 is 5.47. The Labute approximate surface area is 117 Å². The highest BCUT2D eigenvalue weighted by Crippen LogP contribution is 2.21. The minimum atomic E-state index is 0.932. The van der Waals surface area contributed by atoms with E-state index in [2.05, 4.69) is 60.7 Å². The standard InChI is InChI=1S/C19H14O/c1-2-4-18-12-14(5-7-16(18)3-1)11-15-6-8-17-9-10-20-19(17)13-15/h1-10,12-13H,11H2. The van der Waals surface area contributed by atoms with E-state index >= 15 is 0 Å². The van der Waals surface area contributed by atoms with Crippen molar-refractivity contribution >= 4 is 21.7 Å². The highest BCUT2D eigenvalue weighted by Gasteiger charge is 2.02. The largest absolute Gasteiger partial charge is 0.464 e. The minimum Gasteiger partial charge on any atom is -0.464 e. The predicted molar refractivity (Wildman–Crippen MR) is 83.0 cm³/mol. The molecule has 0 N–H and O–H groups in total. The smallest absolute Gasteiger partial charge is 0.134 e. The molecule has 1 heteroatoms. The number of furan rings is 1. The first-order chi connectivity index (χ1) is 9.88. The van der Waals surface area contributed by atoms with E-state index in [9.17, 15) is 0 Å². The second-order valence-electron chi connectivity index (χ2n) is 5.15. The first kappa shape index (κ1) is 11.3. The van der Waals surface area contributed by atoms with Gasteiger partial charge in [-0.05, 0) is 40.5 Å². The molecule has 0 aliphatic heterocycles. The molecule has 0 saturated carbocycles. The van der Waals surface area contributed by atoms with Crippen LogP contribution in [0.3, 0.4) is 0 Å². The Morgan fingerprint density at radius 3 is 2.30 bits per heavy atom. The fourth-order valence-corrected chi connectivity index (χ4v) is 2.69. The molecule has 0 radical (unpaired) electrons. The van der Waals surface area contributed by atoms with Gasteiger partial charge in [-0.2, -0.15) is 0 Å². The van der Waals surface area contributed by atoms with Crippen molar-refractivity contribution in [3.8, 4) is 0 Å². The SMILES string of the molecule is c1ccc2cc(Cc3ccc4ccoc4c3)ccc2c1. The Morgan fingerprint density at radius 2 is 1.40 bits per heavy atom. The van der Waals surface area contributed by atoms with Gasteiger partial charge in [-0.15, -0.1) is 0 Å². The van der Waals surface area contributed by atoms with Gasteiger partial charge in [-0.3, -0.25) is 0 Å². The van der Waals surface area contributed by atoms with Crippen LogP contribution < -0.4 is 0 Å². The first-order valence-electron chi connectivity index (χ1n) is 6.82. The molecule has 0 fully saturated rings. The van der Waals surface area contributed by atoms with E-state index in [1.165, 1.54) is 21.9 Å². The molecule has 0 unspecified atom stereocenters. The van der Waals surface area contributed by atoms with Gasteiger partial charge in [-0.1, -0.05) is 54.6 Å². The third-order valence-corrected chi connectivity index (χ3v) is 3.74. The Hall–Kier alpha value is -2.54. The van der Waals surface area contributed by atoms with Crippen LogP contribution in [0.15, 0.2) is 77.4 Å². The van der Waals surface area contributed by atoms with Crippen LogP contribution in [-0.4, -0.2) is 0 Å². The van der Waals surface area contributed by atoms with Crippen molar-refractivity contribution in [2.24, 2.45) is 0 Å². The van der Waals surface area contributed by atoms with E-state index in [1.807, 2.05) is 6.07 Å². The Bertz CT molecular complexity index is 886. The summed E-state index contributed by atoms with van der Waals surface area (Å²) in [5.41, 5.74) is 3.57. The average molecular weight is 258 g/mol. The van der Waals surface area contributed by atoms with Gasteiger partial charge in [0.15, 0.2) is 0 Å². The van der Waals surface area contributed by atoms with Gasteiger partial charge in [0.2, 0.25) is 0 Å². The molecule has 3 aromatic carbocycles. The maximum atomic E-state index is 5.47. The zero-order valence-corrected chi connectivity index (χ0v) is 11.0. The summed E-state index contributed by atoms with van der Waals surface area (Å²) in [7, 11) is 0. The van der Waals surface area contributed by atoms with E-state index in [0.29, 0.717) is 0 Å². The van der Waals surface area contributed by atoms with Crippen molar-refractivity contribution in [1.29, 1.82) is 0 Å². The van der Waals surface area contributed by atoms with Crippen LogP contribution in [0.1, 0.15) is 11.1 Å². The summed E-state index contributed by atoms with van der Waals surface area (Å²) in [6, 6.07) is 23.5. The second kappa shape index (κ2) is 4.53. The second-order valence-corrected chi connectivity index (χ2v) is 5.15.